The van der Waals surface area contributed by atoms with Crippen molar-refractivity contribution < 1.29 is 38.1 Å². The maximum Gasteiger partial charge on any atom is 0.240 e. The van der Waals surface area contributed by atoms with Gasteiger partial charge in [-0.2, -0.15) is 0 Å². The van der Waals surface area contributed by atoms with Crippen LogP contribution in [0.5, 0.6) is 0 Å². The van der Waals surface area contributed by atoms with E-state index in [-0.39, 0.29) is 49.5 Å². The van der Waals surface area contributed by atoms with E-state index in [2.05, 4.69) is 16.7 Å². The van der Waals surface area contributed by atoms with Gasteiger partial charge < -0.3 is 40.2 Å². The van der Waals surface area contributed by atoms with Gasteiger partial charge in [-0.1, -0.05) is 68.5 Å². The lowest BCUT2D eigenvalue weighted by Crippen LogP contribution is -2.47. The zero-order valence-corrected chi connectivity index (χ0v) is 27.4. The molecule has 0 radical (unpaired) electrons. The molecule has 0 saturated carbocycles. The van der Waals surface area contributed by atoms with Gasteiger partial charge in [-0.05, 0) is 28.7 Å². The average Bonchev–Trinajstić information content (AvgIpc) is 3.05. The van der Waals surface area contributed by atoms with Crippen molar-refractivity contribution in [3.8, 4) is 0 Å². The van der Waals surface area contributed by atoms with Crippen LogP contribution >= 0.6 is 0 Å². The molecule has 0 aliphatic carbocycles. The van der Waals surface area contributed by atoms with Crippen molar-refractivity contribution in [2.75, 3.05) is 64.3 Å². The summed E-state index contributed by atoms with van der Waals surface area (Å²) in [6.07, 6.45) is 4.41. The van der Waals surface area contributed by atoms with Crippen molar-refractivity contribution in [3.05, 3.63) is 65.2 Å². The molecule has 47 heavy (non-hydrogen) atoms. The fourth-order valence-corrected chi connectivity index (χ4v) is 4.82. The van der Waals surface area contributed by atoms with Crippen LogP contribution < -0.4 is 21.3 Å². The Bertz CT molecular complexity index is 1330. The van der Waals surface area contributed by atoms with Crippen LogP contribution in [0, 0.1) is 5.92 Å². The van der Waals surface area contributed by atoms with E-state index in [1.54, 1.807) is 4.90 Å². The first-order chi connectivity index (χ1) is 22.8. The van der Waals surface area contributed by atoms with E-state index in [0.29, 0.717) is 59.3 Å². The number of ether oxygens (including phenoxy) is 4. The second kappa shape index (κ2) is 20.9. The number of hydrogen-bond donors (Lipinski definition) is 3. The van der Waals surface area contributed by atoms with Crippen LogP contribution in [0.25, 0.3) is 12.2 Å². The maximum atomic E-state index is 13.3. The van der Waals surface area contributed by atoms with Gasteiger partial charge in [-0.25, -0.2) is 0 Å². The lowest BCUT2D eigenvalue weighted by molar-refractivity contribution is -0.129. The van der Waals surface area contributed by atoms with Gasteiger partial charge in [0.2, 0.25) is 23.6 Å². The SMILES string of the molecule is CC(C)[C@H](NC(=O)CCOCCOCCOCCOCCNC(=O)CCC(=O)N1Cc2ccccc2/C=C\c2ccccc21)C(N)=O. The zero-order chi connectivity index (χ0) is 33.9. The standard InChI is InChI=1S/C35H48N4O8/c1-26(2)34(35(36)43)38-32(41)15-17-44-19-21-46-23-24-47-22-20-45-18-16-37-31(40)13-14-33(42)39-25-29-9-4-3-7-27(29)11-12-28-8-5-6-10-30(28)39/h3-12,26,34H,13-25H2,1-2H3,(H2,36,43)(H,37,40)(H,38,41)/b12-11-/t34-/m0/s1. The van der Waals surface area contributed by atoms with Crippen LogP contribution in [0.3, 0.4) is 0 Å². The molecular formula is C35H48N4O8. The third-order valence-electron chi connectivity index (χ3n) is 7.37. The van der Waals surface area contributed by atoms with E-state index < -0.39 is 11.9 Å². The minimum atomic E-state index is -0.692. The van der Waals surface area contributed by atoms with E-state index >= 15 is 0 Å². The van der Waals surface area contributed by atoms with Gasteiger partial charge >= 0.3 is 0 Å². The number of carbonyl (C=O) groups excluding carboxylic acids is 4. The minimum absolute atomic E-state index is 0.0837. The lowest BCUT2D eigenvalue weighted by atomic mass is 10.0. The number of amides is 4. The van der Waals surface area contributed by atoms with E-state index in [1.165, 1.54) is 0 Å². The molecule has 1 heterocycles. The van der Waals surface area contributed by atoms with Gasteiger partial charge in [-0.3, -0.25) is 19.2 Å². The van der Waals surface area contributed by atoms with Crippen molar-refractivity contribution in [2.45, 2.75) is 45.7 Å². The smallest absolute Gasteiger partial charge is 0.240 e. The Morgan fingerprint density at radius 2 is 1.30 bits per heavy atom. The molecule has 0 spiro atoms. The summed E-state index contributed by atoms with van der Waals surface area (Å²) in [7, 11) is 0. The highest BCUT2D eigenvalue weighted by atomic mass is 16.6. The summed E-state index contributed by atoms with van der Waals surface area (Å²) >= 11 is 0. The molecule has 12 nitrogen and oxygen atoms in total. The van der Waals surface area contributed by atoms with Gasteiger partial charge in [-0.15, -0.1) is 0 Å². The molecule has 256 valence electrons. The van der Waals surface area contributed by atoms with Crippen LogP contribution in [-0.2, 0) is 44.7 Å². The van der Waals surface area contributed by atoms with Crippen LogP contribution in [0.4, 0.5) is 5.69 Å². The average molecular weight is 653 g/mol. The second-order valence-electron chi connectivity index (χ2n) is 11.3. The van der Waals surface area contributed by atoms with Crippen molar-refractivity contribution in [1.29, 1.82) is 0 Å². The Morgan fingerprint density at radius 1 is 0.723 bits per heavy atom. The molecule has 1 atom stereocenters. The van der Waals surface area contributed by atoms with Crippen molar-refractivity contribution in [2.24, 2.45) is 11.7 Å². The summed E-state index contributed by atoms with van der Waals surface area (Å²) < 4.78 is 21.8. The molecule has 0 bridgehead atoms. The van der Waals surface area contributed by atoms with Crippen molar-refractivity contribution in [3.63, 3.8) is 0 Å². The van der Waals surface area contributed by atoms with Gasteiger partial charge in [0.05, 0.1) is 65.1 Å². The Kier molecular flexibility index (Phi) is 16.6. The molecule has 1 aliphatic heterocycles. The number of nitrogens with zero attached hydrogens (tertiary/aromatic N) is 1. The first kappa shape index (κ1) is 37.4. The number of anilines is 1. The molecule has 2 aromatic carbocycles. The number of fused-ring (bicyclic) bond motifs is 2. The number of primary amides is 1. The minimum Gasteiger partial charge on any atom is -0.379 e. The number of carbonyl (C=O) groups is 4. The van der Waals surface area contributed by atoms with Gasteiger partial charge in [0.25, 0.3) is 0 Å². The quantitative estimate of drug-likeness (QED) is 0.174. The first-order valence-corrected chi connectivity index (χ1v) is 16.1. The number of para-hydroxylation sites is 1. The normalized spacial score (nSPS) is 13.6. The molecule has 0 saturated heterocycles. The van der Waals surface area contributed by atoms with Gasteiger partial charge in [0.1, 0.15) is 6.04 Å². The fraction of sp³-hybridized carbons (Fsp3) is 0.486. The number of hydrogen-bond acceptors (Lipinski definition) is 8. The molecule has 0 aromatic heterocycles. The Balaban J connectivity index is 1.17. The highest BCUT2D eigenvalue weighted by Gasteiger charge is 2.22. The Morgan fingerprint density at radius 3 is 1.96 bits per heavy atom. The molecule has 0 fully saturated rings. The molecule has 3 rings (SSSR count). The summed E-state index contributed by atoms with van der Waals surface area (Å²) in [6, 6.07) is 15.1. The van der Waals surface area contributed by atoms with E-state index in [0.717, 1.165) is 22.4 Å². The van der Waals surface area contributed by atoms with Crippen molar-refractivity contribution in [1.82, 2.24) is 10.6 Å². The number of benzene rings is 2. The highest BCUT2D eigenvalue weighted by Crippen LogP contribution is 2.29. The highest BCUT2D eigenvalue weighted by molar-refractivity contribution is 5.98. The van der Waals surface area contributed by atoms with E-state index in [1.807, 2.05) is 68.5 Å². The topological polar surface area (TPSA) is 159 Å². The van der Waals surface area contributed by atoms with E-state index in [9.17, 15) is 19.2 Å². The molecular weight excluding hydrogens is 604 g/mol. The number of rotatable bonds is 21. The maximum absolute atomic E-state index is 13.3. The predicted molar refractivity (Wildman–Crippen MR) is 179 cm³/mol. The molecule has 4 N–H and O–H groups in total. The molecule has 1 aliphatic rings. The second-order valence-corrected chi connectivity index (χ2v) is 11.3. The number of nitrogens with one attached hydrogen (secondary N) is 2. The summed E-state index contributed by atoms with van der Waals surface area (Å²) in [5, 5.41) is 5.41. The summed E-state index contributed by atoms with van der Waals surface area (Å²) in [5.41, 5.74) is 9.20. The monoisotopic (exact) mass is 652 g/mol. The lowest BCUT2D eigenvalue weighted by Gasteiger charge is -2.27. The molecule has 4 amide bonds. The predicted octanol–water partition coefficient (Wildman–Crippen LogP) is 2.68. The molecule has 0 unspecified atom stereocenters. The van der Waals surface area contributed by atoms with Crippen LogP contribution in [0.15, 0.2) is 48.5 Å². The summed E-state index contributed by atoms with van der Waals surface area (Å²) in [5.74, 6) is -1.24. The third kappa shape index (κ3) is 13.7. The zero-order valence-electron chi connectivity index (χ0n) is 27.4. The molecule has 2 aromatic rings. The van der Waals surface area contributed by atoms with Crippen LogP contribution in [0.1, 0.15) is 49.8 Å². The largest absolute Gasteiger partial charge is 0.379 e. The third-order valence-corrected chi connectivity index (χ3v) is 7.37. The Hall–Kier alpha value is -4.10. The summed E-state index contributed by atoms with van der Waals surface area (Å²) in [4.78, 5) is 50.7. The number of nitrogens with two attached hydrogens (primary N) is 1. The van der Waals surface area contributed by atoms with Crippen molar-refractivity contribution >= 4 is 41.5 Å². The van der Waals surface area contributed by atoms with Gasteiger partial charge in [0, 0.05) is 25.8 Å². The fourth-order valence-electron chi connectivity index (χ4n) is 4.82. The Labute approximate surface area is 276 Å². The van der Waals surface area contributed by atoms with Crippen LogP contribution in [0.2, 0.25) is 0 Å². The van der Waals surface area contributed by atoms with Crippen LogP contribution in [-0.4, -0.2) is 89.1 Å². The first-order valence-electron chi connectivity index (χ1n) is 16.1. The van der Waals surface area contributed by atoms with E-state index in [4.69, 9.17) is 24.7 Å². The molecule has 12 heteroatoms. The summed E-state index contributed by atoms with van der Waals surface area (Å²) in [6.45, 7) is 7.18. The van der Waals surface area contributed by atoms with Gasteiger partial charge in [0.15, 0.2) is 0 Å².